The van der Waals surface area contributed by atoms with Gasteiger partial charge in [0.05, 0.1) is 31.2 Å². The molecule has 21 heavy (non-hydrogen) atoms. The van der Waals surface area contributed by atoms with Crippen molar-refractivity contribution in [1.29, 1.82) is 0 Å². The Kier molecular flexibility index (Phi) is 3.62. The van der Waals surface area contributed by atoms with E-state index in [0.717, 1.165) is 10.9 Å². The third kappa shape index (κ3) is 2.62. The van der Waals surface area contributed by atoms with Crippen molar-refractivity contribution in [3.63, 3.8) is 0 Å². The summed E-state index contributed by atoms with van der Waals surface area (Å²) in [4.78, 5) is 28.3. The highest BCUT2D eigenvalue weighted by Crippen LogP contribution is 2.22. The maximum Gasteiger partial charge on any atom is 0.305 e. The summed E-state index contributed by atoms with van der Waals surface area (Å²) in [6, 6.07) is 7.14. The quantitative estimate of drug-likeness (QED) is 0.896. The number of hydrogen-bond donors (Lipinski definition) is 2. The Bertz CT molecular complexity index is 679. The summed E-state index contributed by atoms with van der Waals surface area (Å²) in [5.41, 5.74) is 1.46. The van der Waals surface area contributed by atoms with Gasteiger partial charge >= 0.3 is 5.97 Å². The lowest BCUT2D eigenvalue weighted by Crippen LogP contribution is -2.49. The summed E-state index contributed by atoms with van der Waals surface area (Å²) in [6.45, 7) is 1.11. The minimum absolute atomic E-state index is 0.103. The number of aliphatic carboxylic acids is 1. The van der Waals surface area contributed by atoms with Crippen molar-refractivity contribution in [2.45, 2.75) is 12.5 Å². The third-order valence-electron chi connectivity index (χ3n) is 3.72. The van der Waals surface area contributed by atoms with Crippen LogP contribution in [0, 0.1) is 0 Å². The number of nitrogens with zero attached hydrogens (tertiary/aromatic N) is 1. The van der Waals surface area contributed by atoms with E-state index in [1.165, 1.54) is 0 Å². The molecule has 2 heterocycles. The largest absolute Gasteiger partial charge is 0.481 e. The Morgan fingerprint density at radius 3 is 3.00 bits per heavy atom. The molecule has 3 rings (SSSR count). The first-order valence-corrected chi connectivity index (χ1v) is 6.83. The summed E-state index contributed by atoms with van der Waals surface area (Å²) in [7, 11) is 0. The van der Waals surface area contributed by atoms with Crippen molar-refractivity contribution in [3.05, 3.63) is 36.0 Å². The number of fused-ring (bicyclic) bond motifs is 1. The lowest BCUT2D eigenvalue weighted by atomic mass is 10.1. The van der Waals surface area contributed by atoms with Gasteiger partial charge in [-0.2, -0.15) is 0 Å². The van der Waals surface area contributed by atoms with Crippen molar-refractivity contribution >= 4 is 22.8 Å². The summed E-state index contributed by atoms with van der Waals surface area (Å²) >= 11 is 0. The normalized spacial score (nSPS) is 18.9. The van der Waals surface area contributed by atoms with Crippen molar-refractivity contribution < 1.29 is 19.4 Å². The Morgan fingerprint density at radius 1 is 1.38 bits per heavy atom. The second-order valence-electron chi connectivity index (χ2n) is 5.07. The van der Waals surface area contributed by atoms with Gasteiger partial charge in [-0.3, -0.25) is 9.59 Å². The second kappa shape index (κ2) is 5.57. The van der Waals surface area contributed by atoms with Crippen LogP contribution in [0.3, 0.4) is 0 Å². The molecular formula is C15H16N2O4. The molecule has 1 fully saturated rings. The number of morpholine rings is 1. The van der Waals surface area contributed by atoms with E-state index in [9.17, 15) is 9.59 Å². The highest BCUT2D eigenvalue weighted by molar-refractivity contribution is 6.06. The molecule has 1 amide bonds. The van der Waals surface area contributed by atoms with Crippen molar-refractivity contribution in [2.75, 3.05) is 19.8 Å². The molecule has 1 aliphatic heterocycles. The predicted molar refractivity (Wildman–Crippen MR) is 76.2 cm³/mol. The maximum absolute atomic E-state index is 12.7. The average molecular weight is 288 g/mol. The fourth-order valence-electron chi connectivity index (χ4n) is 2.70. The van der Waals surface area contributed by atoms with Gasteiger partial charge in [0.1, 0.15) is 0 Å². The zero-order chi connectivity index (χ0) is 14.8. The van der Waals surface area contributed by atoms with E-state index in [-0.39, 0.29) is 18.9 Å². The number of carbonyl (C=O) groups excluding carboxylic acids is 1. The minimum atomic E-state index is -0.928. The number of benzene rings is 1. The first kappa shape index (κ1) is 13.6. The first-order valence-electron chi connectivity index (χ1n) is 6.83. The van der Waals surface area contributed by atoms with Gasteiger partial charge in [-0.25, -0.2) is 0 Å². The molecule has 0 spiro atoms. The van der Waals surface area contributed by atoms with Crippen LogP contribution in [0.4, 0.5) is 0 Å². The predicted octanol–water partition coefficient (Wildman–Crippen LogP) is 1.48. The molecule has 1 aliphatic rings. The Labute approximate surface area is 121 Å². The number of carboxylic acid groups (broad SMARTS) is 1. The zero-order valence-electron chi connectivity index (χ0n) is 11.4. The van der Waals surface area contributed by atoms with Gasteiger partial charge in [0.15, 0.2) is 0 Å². The molecule has 0 saturated carbocycles. The van der Waals surface area contributed by atoms with Crippen LogP contribution < -0.4 is 0 Å². The molecule has 6 nitrogen and oxygen atoms in total. The molecule has 1 saturated heterocycles. The number of ether oxygens (including phenoxy) is 1. The number of amides is 1. The number of hydrogen-bond acceptors (Lipinski definition) is 3. The van der Waals surface area contributed by atoms with E-state index in [1.54, 1.807) is 11.1 Å². The number of carboxylic acids is 1. The van der Waals surface area contributed by atoms with E-state index in [0.29, 0.717) is 18.7 Å². The van der Waals surface area contributed by atoms with E-state index in [4.69, 9.17) is 9.84 Å². The van der Waals surface area contributed by atoms with Crippen LogP contribution in [-0.4, -0.2) is 52.7 Å². The van der Waals surface area contributed by atoms with Crippen molar-refractivity contribution in [3.8, 4) is 0 Å². The SMILES string of the molecule is O=C(O)CC1COCCN1C(=O)c1c[nH]c2ccccc12. The average Bonchev–Trinajstić information content (AvgIpc) is 2.90. The molecule has 2 aromatic rings. The van der Waals surface area contributed by atoms with Gasteiger partial charge in [-0.15, -0.1) is 0 Å². The molecule has 6 heteroatoms. The van der Waals surface area contributed by atoms with E-state index in [2.05, 4.69) is 4.98 Å². The van der Waals surface area contributed by atoms with Gasteiger partial charge < -0.3 is 19.7 Å². The molecule has 2 N–H and O–H groups in total. The summed E-state index contributed by atoms with van der Waals surface area (Å²) < 4.78 is 5.30. The number of rotatable bonds is 3. The molecule has 1 unspecified atom stereocenters. The zero-order valence-corrected chi connectivity index (χ0v) is 11.4. The lowest BCUT2D eigenvalue weighted by Gasteiger charge is -2.34. The molecule has 110 valence electrons. The van der Waals surface area contributed by atoms with Crippen LogP contribution in [0.15, 0.2) is 30.5 Å². The fraction of sp³-hybridized carbons (Fsp3) is 0.333. The highest BCUT2D eigenvalue weighted by Gasteiger charge is 2.30. The van der Waals surface area contributed by atoms with Crippen LogP contribution in [0.1, 0.15) is 16.8 Å². The number of nitrogens with one attached hydrogen (secondary N) is 1. The number of para-hydroxylation sites is 1. The van der Waals surface area contributed by atoms with Gasteiger partial charge in [0.25, 0.3) is 5.91 Å². The monoisotopic (exact) mass is 288 g/mol. The Balaban J connectivity index is 1.90. The third-order valence-corrected chi connectivity index (χ3v) is 3.72. The van der Waals surface area contributed by atoms with Crippen LogP contribution >= 0.6 is 0 Å². The molecule has 0 bridgehead atoms. The van der Waals surface area contributed by atoms with Gasteiger partial charge in [-0.1, -0.05) is 18.2 Å². The van der Waals surface area contributed by atoms with Crippen LogP contribution in [0.2, 0.25) is 0 Å². The van der Waals surface area contributed by atoms with Gasteiger partial charge in [0.2, 0.25) is 0 Å². The summed E-state index contributed by atoms with van der Waals surface area (Å²) in [5, 5.41) is 9.82. The number of aromatic amines is 1. The fourth-order valence-corrected chi connectivity index (χ4v) is 2.70. The molecule has 1 aromatic carbocycles. The topological polar surface area (TPSA) is 82.6 Å². The van der Waals surface area contributed by atoms with Crippen LogP contribution in [-0.2, 0) is 9.53 Å². The molecular weight excluding hydrogens is 272 g/mol. The molecule has 0 radical (unpaired) electrons. The smallest absolute Gasteiger partial charge is 0.305 e. The van der Waals surface area contributed by atoms with Gasteiger partial charge in [0, 0.05) is 23.6 Å². The Hall–Kier alpha value is -2.34. The maximum atomic E-state index is 12.7. The lowest BCUT2D eigenvalue weighted by molar-refractivity contribution is -0.139. The van der Waals surface area contributed by atoms with E-state index >= 15 is 0 Å². The minimum Gasteiger partial charge on any atom is -0.481 e. The number of H-pyrrole nitrogens is 1. The first-order chi connectivity index (χ1) is 10.2. The summed E-state index contributed by atoms with van der Waals surface area (Å²) in [5.74, 6) is -1.08. The molecule has 0 aliphatic carbocycles. The number of carbonyl (C=O) groups is 2. The Morgan fingerprint density at radius 2 is 2.19 bits per heavy atom. The van der Waals surface area contributed by atoms with E-state index in [1.807, 2.05) is 24.3 Å². The summed E-state index contributed by atoms with van der Waals surface area (Å²) in [6.07, 6.45) is 1.58. The van der Waals surface area contributed by atoms with Crippen LogP contribution in [0.5, 0.6) is 0 Å². The van der Waals surface area contributed by atoms with Crippen molar-refractivity contribution in [1.82, 2.24) is 9.88 Å². The molecule has 1 aromatic heterocycles. The standard InChI is InChI=1S/C15H16N2O4/c18-14(19)7-10-9-21-6-5-17(10)15(20)12-8-16-13-4-2-1-3-11(12)13/h1-4,8,10,16H,5-7,9H2,(H,18,19). The van der Waals surface area contributed by atoms with Crippen molar-refractivity contribution in [2.24, 2.45) is 0 Å². The number of aromatic nitrogens is 1. The van der Waals surface area contributed by atoms with E-state index < -0.39 is 12.0 Å². The molecule has 1 atom stereocenters. The van der Waals surface area contributed by atoms with Crippen LogP contribution in [0.25, 0.3) is 10.9 Å². The second-order valence-corrected chi connectivity index (χ2v) is 5.07. The highest BCUT2D eigenvalue weighted by atomic mass is 16.5. The van der Waals surface area contributed by atoms with Gasteiger partial charge in [-0.05, 0) is 6.07 Å².